The lowest BCUT2D eigenvalue weighted by molar-refractivity contribution is -0.132. The van der Waals surface area contributed by atoms with Crippen molar-refractivity contribution in [2.75, 3.05) is 31.3 Å². The normalized spacial score (nSPS) is 16.9. The molecule has 13 heteroatoms. The Bertz CT molecular complexity index is 1810. The van der Waals surface area contributed by atoms with E-state index in [2.05, 4.69) is 10.2 Å². The Balaban J connectivity index is 1.43. The first-order chi connectivity index (χ1) is 22.4. The molecule has 0 bridgehead atoms. The van der Waals surface area contributed by atoms with Gasteiger partial charge in [-0.3, -0.25) is 14.5 Å². The molecule has 1 atom stereocenters. The molecule has 1 fully saturated rings. The maximum Gasteiger partial charge on any atom is 0.301 e. The Morgan fingerprint density at radius 1 is 1.02 bits per heavy atom. The van der Waals surface area contributed by atoms with Crippen LogP contribution in [0.1, 0.15) is 43.0 Å². The van der Waals surface area contributed by atoms with Gasteiger partial charge in [-0.05, 0) is 60.9 Å². The molecule has 1 amide bonds. The van der Waals surface area contributed by atoms with Gasteiger partial charge in [0, 0.05) is 11.3 Å². The van der Waals surface area contributed by atoms with Gasteiger partial charge in [0.05, 0.1) is 24.8 Å². The van der Waals surface area contributed by atoms with Gasteiger partial charge in [-0.1, -0.05) is 54.3 Å². The number of ether oxygens (including phenoxy) is 4. The molecule has 2 aliphatic rings. The van der Waals surface area contributed by atoms with Gasteiger partial charge in [0.2, 0.25) is 5.13 Å². The number of rotatable bonds is 11. The standard InChI is InChI=1S/C33H30FN3O7S2/c1-3-13-42-23-11-9-19(16-25(23)41-4-2)28-27(29(38)20-10-12-24-26(17-20)44-15-14-43-24)30(39)31(40)37(28)32-35-36-33(46-32)45-18-21-7-5-6-8-22(21)34/h5-12,16-17,28,38H,3-4,13-15,18H2,1-2H3/t28-/m1/s1. The molecular formula is C33H30FN3O7S2. The van der Waals surface area contributed by atoms with Crippen molar-refractivity contribution < 1.29 is 38.0 Å². The van der Waals surface area contributed by atoms with Crippen LogP contribution in [0.3, 0.4) is 0 Å². The molecule has 6 rings (SSSR count). The maximum absolute atomic E-state index is 14.2. The van der Waals surface area contributed by atoms with Gasteiger partial charge >= 0.3 is 5.91 Å². The number of anilines is 1. The highest BCUT2D eigenvalue weighted by Crippen LogP contribution is 2.46. The number of carbonyl (C=O) groups is 2. The fraction of sp³-hybridized carbons (Fsp3) is 0.273. The fourth-order valence-corrected chi connectivity index (χ4v) is 6.95. The second-order valence-corrected chi connectivity index (χ2v) is 12.4. The van der Waals surface area contributed by atoms with Crippen LogP contribution in [0.25, 0.3) is 5.76 Å². The minimum atomic E-state index is -1.08. The summed E-state index contributed by atoms with van der Waals surface area (Å²) >= 11 is 2.35. The quantitative estimate of drug-likeness (QED) is 0.0622. The topological polar surface area (TPSA) is 120 Å². The van der Waals surface area contributed by atoms with Gasteiger partial charge in [-0.15, -0.1) is 10.2 Å². The Hall–Kier alpha value is -4.62. The third-order valence-electron chi connectivity index (χ3n) is 7.22. The van der Waals surface area contributed by atoms with Gasteiger partial charge in [-0.2, -0.15) is 0 Å². The molecule has 4 aromatic rings. The average molecular weight is 664 g/mol. The van der Waals surface area contributed by atoms with Gasteiger partial charge in [0.15, 0.2) is 27.3 Å². The predicted octanol–water partition coefficient (Wildman–Crippen LogP) is 6.55. The van der Waals surface area contributed by atoms with E-state index in [9.17, 15) is 19.1 Å². The van der Waals surface area contributed by atoms with Crippen LogP contribution in [0.5, 0.6) is 23.0 Å². The van der Waals surface area contributed by atoms with E-state index in [1.807, 2.05) is 13.8 Å². The smallest absolute Gasteiger partial charge is 0.301 e. The second kappa shape index (κ2) is 13.8. The lowest BCUT2D eigenvalue weighted by Crippen LogP contribution is -2.29. The first-order valence-corrected chi connectivity index (χ1v) is 16.5. The number of carbonyl (C=O) groups excluding carboxylic acids is 2. The van der Waals surface area contributed by atoms with Crippen molar-refractivity contribution >= 4 is 45.7 Å². The number of Topliss-reactive ketones (excluding diaryl/α,β-unsaturated/α-hetero) is 1. The largest absolute Gasteiger partial charge is 0.507 e. The zero-order chi connectivity index (χ0) is 32.2. The summed E-state index contributed by atoms with van der Waals surface area (Å²) in [5.41, 5.74) is 1.13. The number of amides is 1. The molecule has 0 unspecified atom stereocenters. The van der Waals surface area contributed by atoms with Crippen molar-refractivity contribution in [1.82, 2.24) is 10.2 Å². The van der Waals surface area contributed by atoms with E-state index in [0.717, 1.165) is 17.8 Å². The van der Waals surface area contributed by atoms with E-state index < -0.39 is 17.7 Å². The van der Waals surface area contributed by atoms with Crippen LogP contribution in [0.2, 0.25) is 0 Å². The van der Waals surface area contributed by atoms with Crippen LogP contribution in [0, 0.1) is 5.82 Å². The van der Waals surface area contributed by atoms with Gasteiger partial charge < -0.3 is 24.1 Å². The van der Waals surface area contributed by atoms with E-state index in [1.165, 1.54) is 22.7 Å². The summed E-state index contributed by atoms with van der Waals surface area (Å²) in [5, 5.41) is 20.3. The van der Waals surface area contributed by atoms with Gasteiger partial charge in [0.1, 0.15) is 24.8 Å². The summed E-state index contributed by atoms with van der Waals surface area (Å²) in [6, 6.07) is 15.3. The number of ketones is 1. The Labute approximate surface area is 272 Å². The number of aromatic nitrogens is 2. The fourth-order valence-electron chi connectivity index (χ4n) is 5.10. The van der Waals surface area contributed by atoms with Gasteiger partial charge in [-0.25, -0.2) is 4.39 Å². The van der Waals surface area contributed by atoms with Crippen molar-refractivity contribution in [3.63, 3.8) is 0 Å². The molecule has 46 heavy (non-hydrogen) atoms. The number of aliphatic hydroxyl groups excluding tert-OH is 1. The highest BCUT2D eigenvalue weighted by atomic mass is 32.2. The number of hydrogen-bond donors (Lipinski definition) is 1. The first-order valence-electron chi connectivity index (χ1n) is 14.7. The lowest BCUT2D eigenvalue weighted by Gasteiger charge is -2.24. The Morgan fingerprint density at radius 3 is 2.61 bits per heavy atom. The molecular weight excluding hydrogens is 634 g/mol. The molecule has 0 spiro atoms. The van der Waals surface area contributed by atoms with Crippen LogP contribution < -0.4 is 23.8 Å². The molecule has 1 saturated heterocycles. The van der Waals surface area contributed by atoms with E-state index in [1.54, 1.807) is 54.6 Å². The van der Waals surface area contributed by atoms with Crippen LogP contribution in [0.15, 0.2) is 70.6 Å². The summed E-state index contributed by atoms with van der Waals surface area (Å²) in [6.07, 6.45) is 0.789. The number of benzene rings is 3. The summed E-state index contributed by atoms with van der Waals surface area (Å²) < 4.78 is 37.7. The van der Waals surface area contributed by atoms with Crippen molar-refractivity contribution in [3.8, 4) is 23.0 Å². The van der Waals surface area contributed by atoms with Gasteiger partial charge in [0.25, 0.3) is 5.78 Å². The molecule has 0 radical (unpaired) electrons. The first kappa shape index (κ1) is 31.4. The van der Waals surface area contributed by atoms with E-state index in [4.69, 9.17) is 18.9 Å². The van der Waals surface area contributed by atoms with E-state index >= 15 is 0 Å². The molecule has 3 aromatic carbocycles. The van der Waals surface area contributed by atoms with Crippen molar-refractivity contribution in [1.29, 1.82) is 0 Å². The highest BCUT2D eigenvalue weighted by molar-refractivity contribution is 8.00. The third-order valence-corrected chi connectivity index (χ3v) is 9.32. The summed E-state index contributed by atoms with van der Waals surface area (Å²) in [5.74, 6) is -0.323. The summed E-state index contributed by atoms with van der Waals surface area (Å²) in [4.78, 5) is 28.7. The summed E-state index contributed by atoms with van der Waals surface area (Å²) in [7, 11) is 0. The highest BCUT2D eigenvalue weighted by Gasteiger charge is 2.48. The number of aliphatic hydroxyl groups is 1. The molecule has 2 aliphatic heterocycles. The number of halogens is 1. The monoisotopic (exact) mass is 663 g/mol. The zero-order valence-corrected chi connectivity index (χ0v) is 26.7. The third kappa shape index (κ3) is 6.24. The number of hydrogen-bond acceptors (Lipinski definition) is 11. The predicted molar refractivity (Wildman–Crippen MR) is 171 cm³/mol. The van der Waals surface area contributed by atoms with Crippen LogP contribution in [0.4, 0.5) is 9.52 Å². The van der Waals surface area contributed by atoms with E-state index in [-0.39, 0.29) is 27.8 Å². The molecule has 0 saturated carbocycles. The number of nitrogens with zero attached hydrogens (tertiary/aromatic N) is 3. The minimum Gasteiger partial charge on any atom is -0.507 e. The average Bonchev–Trinajstić information content (AvgIpc) is 3.64. The molecule has 0 aliphatic carbocycles. The zero-order valence-electron chi connectivity index (χ0n) is 25.0. The number of thioether (sulfide) groups is 1. The molecule has 10 nitrogen and oxygen atoms in total. The minimum absolute atomic E-state index is 0.137. The molecule has 1 N–H and O–H groups in total. The lowest BCUT2D eigenvalue weighted by atomic mass is 9.95. The molecule has 238 valence electrons. The number of fused-ring (bicyclic) bond motifs is 1. The molecule has 3 heterocycles. The van der Waals surface area contributed by atoms with Crippen molar-refractivity contribution in [2.45, 2.75) is 36.4 Å². The van der Waals surface area contributed by atoms with E-state index in [0.29, 0.717) is 70.6 Å². The molecule has 1 aromatic heterocycles. The maximum atomic E-state index is 14.2. The van der Waals surface area contributed by atoms with Crippen molar-refractivity contribution in [2.24, 2.45) is 0 Å². The van der Waals surface area contributed by atoms with Crippen LogP contribution >= 0.6 is 23.1 Å². The Kier molecular flexibility index (Phi) is 9.41. The van der Waals surface area contributed by atoms with Crippen LogP contribution in [-0.4, -0.2) is 53.4 Å². The Morgan fingerprint density at radius 2 is 1.83 bits per heavy atom. The van der Waals surface area contributed by atoms with Crippen molar-refractivity contribution in [3.05, 3.63) is 88.7 Å². The SMILES string of the molecule is CCCOc1ccc([C@@H]2C(=C(O)c3ccc4c(c3)OCCO4)C(=O)C(=O)N2c2nnc(SCc3ccccc3F)s2)cc1OCC. The second-order valence-electron chi connectivity index (χ2n) is 10.2. The summed E-state index contributed by atoms with van der Waals surface area (Å²) in [6.45, 7) is 5.38. The van der Waals surface area contributed by atoms with Crippen LogP contribution in [-0.2, 0) is 15.3 Å².